The van der Waals surface area contributed by atoms with E-state index in [-0.39, 0.29) is 40.6 Å². The van der Waals surface area contributed by atoms with Gasteiger partial charge in [-0.2, -0.15) is 0 Å². The van der Waals surface area contributed by atoms with Crippen molar-refractivity contribution in [3.05, 3.63) is 64.4 Å². The summed E-state index contributed by atoms with van der Waals surface area (Å²) >= 11 is 0.947. The van der Waals surface area contributed by atoms with Gasteiger partial charge in [0.2, 0.25) is 0 Å². The lowest BCUT2D eigenvalue weighted by Crippen LogP contribution is -2.25. The van der Waals surface area contributed by atoms with Crippen molar-refractivity contribution in [3.63, 3.8) is 0 Å². The zero-order valence-electron chi connectivity index (χ0n) is 19.7. The van der Waals surface area contributed by atoms with E-state index >= 15 is 0 Å². The fourth-order valence-electron chi connectivity index (χ4n) is 4.13. The van der Waals surface area contributed by atoms with Crippen LogP contribution in [0.1, 0.15) is 46.4 Å². The van der Waals surface area contributed by atoms with E-state index in [9.17, 15) is 27.5 Å². The molecule has 1 unspecified atom stereocenters. The first-order chi connectivity index (χ1) is 17.0. The van der Waals surface area contributed by atoms with Crippen LogP contribution < -0.4 is 11.1 Å². The maximum Gasteiger partial charge on any atom is 0.261 e. The van der Waals surface area contributed by atoms with Gasteiger partial charge in [0.25, 0.3) is 11.8 Å². The first-order valence-corrected chi connectivity index (χ1v) is 12.2. The van der Waals surface area contributed by atoms with Crippen LogP contribution in [-0.2, 0) is 6.54 Å². The quantitative estimate of drug-likeness (QED) is 0.355. The highest BCUT2D eigenvalue weighted by atomic mass is 32.1. The second-order valence-corrected chi connectivity index (χ2v) is 10.1. The van der Waals surface area contributed by atoms with Crippen LogP contribution in [-0.4, -0.2) is 46.5 Å². The number of amides is 1. The minimum Gasteiger partial charge on any atom is -0.396 e. The summed E-state index contributed by atoms with van der Waals surface area (Å²) in [7, 11) is 0. The van der Waals surface area contributed by atoms with Crippen molar-refractivity contribution in [2.45, 2.75) is 38.7 Å². The number of pyridine rings is 1. The van der Waals surface area contributed by atoms with Crippen molar-refractivity contribution < 1.29 is 27.5 Å². The van der Waals surface area contributed by atoms with Gasteiger partial charge in [0.1, 0.15) is 22.5 Å². The molecule has 1 aliphatic heterocycles. The Morgan fingerprint density at radius 1 is 1.28 bits per heavy atom. The molecule has 192 valence electrons. The molecule has 0 saturated carbocycles. The van der Waals surface area contributed by atoms with Crippen molar-refractivity contribution in [1.82, 2.24) is 9.88 Å². The van der Waals surface area contributed by atoms with E-state index in [4.69, 9.17) is 5.73 Å². The topological polar surface area (TPSA) is 91.5 Å². The number of likely N-dealkylation sites (tertiary alicyclic amines) is 1. The monoisotopic (exact) mass is 522 g/mol. The van der Waals surface area contributed by atoms with Gasteiger partial charge in [0.05, 0.1) is 17.7 Å². The molecule has 11 heteroatoms. The second kappa shape index (κ2) is 10.2. The molecule has 2 aromatic heterocycles. The zero-order valence-corrected chi connectivity index (χ0v) is 20.6. The molecule has 1 saturated heterocycles. The summed E-state index contributed by atoms with van der Waals surface area (Å²) in [6.07, 6.45) is -0.167. The molecule has 1 aromatic carbocycles. The van der Waals surface area contributed by atoms with Crippen LogP contribution in [0.3, 0.4) is 0 Å². The fraction of sp³-hybridized carbons (Fsp3) is 0.360. The lowest BCUT2D eigenvalue weighted by atomic mass is 9.99. The zero-order chi connectivity index (χ0) is 26.2. The highest BCUT2D eigenvalue weighted by molar-refractivity contribution is 7.20. The largest absolute Gasteiger partial charge is 0.396 e. The minimum atomic E-state index is -2.68. The highest BCUT2D eigenvalue weighted by Gasteiger charge is 2.38. The molecule has 4 rings (SSSR count). The first-order valence-electron chi connectivity index (χ1n) is 11.3. The molecule has 3 aromatic rings. The van der Waals surface area contributed by atoms with Crippen LogP contribution in [0.25, 0.3) is 10.4 Å². The molecule has 1 aliphatic rings. The standard InChI is InChI=1S/C25H26F4N4O2S/c1-13(11-34)16-7-18(26)22(19(27)8-16)20-9-17(23(30)35)24(36-20)32-21-4-3-15(14(2)31-21)10-33-6-5-25(28,29)12-33/h3-4,7-9,13,34H,5-6,10-12H2,1-2H3,(H2,30,35)(H,31,32). The number of aromatic nitrogens is 1. The Balaban J connectivity index is 1.59. The van der Waals surface area contributed by atoms with Crippen molar-refractivity contribution in [2.75, 3.05) is 25.0 Å². The molecule has 1 fully saturated rings. The molecule has 0 aliphatic carbocycles. The third-order valence-electron chi connectivity index (χ3n) is 6.23. The van der Waals surface area contributed by atoms with Gasteiger partial charge in [-0.15, -0.1) is 11.3 Å². The van der Waals surface area contributed by atoms with Gasteiger partial charge < -0.3 is 16.2 Å². The van der Waals surface area contributed by atoms with Crippen molar-refractivity contribution in [2.24, 2.45) is 5.73 Å². The van der Waals surface area contributed by atoms with E-state index < -0.39 is 29.4 Å². The lowest BCUT2D eigenvalue weighted by molar-refractivity contribution is 0.0114. The molecule has 1 amide bonds. The Morgan fingerprint density at radius 3 is 2.53 bits per heavy atom. The SMILES string of the molecule is Cc1nc(Nc2sc(-c3c(F)cc(C(C)CO)cc3F)cc2C(N)=O)ccc1CN1CCC(F)(F)C1. The number of nitrogens with one attached hydrogen (secondary N) is 1. The van der Waals surface area contributed by atoms with Crippen molar-refractivity contribution in [3.8, 4) is 10.4 Å². The Morgan fingerprint density at radius 2 is 1.97 bits per heavy atom. The number of carbonyl (C=O) groups excluding carboxylic acids is 1. The molecule has 0 radical (unpaired) electrons. The summed E-state index contributed by atoms with van der Waals surface area (Å²) in [4.78, 5) is 18.4. The summed E-state index contributed by atoms with van der Waals surface area (Å²) in [5, 5.41) is 12.5. The predicted molar refractivity (Wildman–Crippen MR) is 131 cm³/mol. The molecular formula is C25H26F4N4O2S. The lowest BCUT2D eigenvalue weighted by Gasteiger charge is -2.17. The Bertz CT molecular complexity index is 1270. The first kappa shape index (κ1) is 26.1. The molecule has 0 spiro atoms. The number of aliphatic hydroxyl groups is 1. The Kier molecular flexibility index (Phi) is 7.35. The highest BCUT2D eigenvalue weighted by Crippen LogP contribution is 2.40. The van der Waals surface area contributed by atoms with Crippen LogP contribution in [0.5, 0.6) is 0 Å². The van der Waals surface area contributed by atoms with Gasteiger partial charge in [0.15, 0.2) is 0 Å². The van der Waals surface area contributed by atoms with Gasteiger partial charge in [-0.3, -0.25) is 9.69 Å². The minimum absolute atomic E-state index is 0.0458. The van der Waals surface area contributed by atoms with Gasteiger partial charge in [-0.25, -0.2) is 22.5 Å². The third kappa shape index (κ3) is 5.53. The Labute approximate surface area is 209 Å². The number of benzene rings is 1. The number of aryl methyl sites for hydroxylation is 1. The number of rotatable bonds is 8. The third-order valence-corrected chi connectivity index (χ3v) is 7.30. The van der Waals surface area contributed by atoms with Crippen LogP contribution >= 0.6 is 11.3 Å². The average Bonchev–Trinajstić information content (AvgIpc) is 3.37. The van der Waals surface area contributed by atoms with Crippen LogP contribution in [0.4, 0.5) is 28.4 Å². The summed E-state index contributed by atoms with van der Waals surface area (Å²) in [6, 6.07) is 7.06. The van der Waals surface area contributed by atoms with E-state index in [1.165, 1.54) is 6.07 Å². The number of carbonyl (C=O) groups is 1. The number of halogens is 4. The normalized spacial score (nSPS) is 16.3. The molecule has 36 heavy (non-hydrogen) atoms. The second-order valence-electron chi connectivity index (χ2n) is 9.04. The molecular weight excluding hydrogens is 496 g/mol. The summed E-state index contributed by atoms with van der Waals surface area (Å²) in [5.74, 6) is -5.17. The smallest absolute Gasteiger partial charge is 0.261 e. The van der Waals surface area contributed by atoms with E-state index in [1.54, 1.807) is 30.9 Å². The van der Waals surface area contributed by atoms with E-state index in [2.05, 4.69) is 10.3 Å². The number of primary amides is 1. The van der Waals surface area contributed by atoms with Gasteiger partial charge in [-0.1, -0.05) is 13.0 Å². The summed E-state index contributed by atoms with van der Waals surface area (Å²) in [6.45, 7) is 3.50. The maximum absolute atomic E-state index is 14.9. The number of nitrogens with zero attached hydrogens (tertiary/aromatic N) is 2. The molecule has 4 N–H and O–H groups in total. The summed E-state index contributed by atoms with van der Waals surface area (Å²) in [5.41, 5.74) is 6.99. The van der Waals surface area contributed by atoms with Gasteiger partial charge in [-0.05, 0) is 42.3 Å². The van der Waals surface area contributed by atoms with Crippen LogP contribution in [0.15, 0.2) is 30.3 Å². The number of nitrogens with two attached hydrogens (primary N) is 1. The Hall–Kier alpha value is -3.02. The molecule has 3 heterocycles. The maximum atomic E-state index is 14.9. The van der Waals surface area contributed by atoms with Crippen LogP contribution in [0.2, 0.25) is 0 Å². The number of hydrogen-bond acceptors (Lipinski definition) is 6. The van der Waals surface area contributed by atoms with Crippen LogP contribution in [0, 0.1) is 18.6 Å². The number of alkyl halides is 2. The molecule has 1 atom stereocenters. The average molecular weight is 523 g/mol. The summed E-state index contributed by atoms with van der Waals surface area (Å²) < 4.78 is 56.7. The fourth-order valence-corrected chi connectivity index (χ4v) is 5.25. The van der Waals surface area contributed by atoms with E-state index in [0.717, 1.165) is 29.0 Å². The van der Waals surface area contributed by atoms with Crippen molar-refractivity contribution >= 4 is 28.1 Å². The molecule has 6 nitrogen and oxygen atoms in total. The molecule has 0 bridgehead atoms. The van der Waals surface area contributed by atoms with Gasteiger partial charge >= 0.3 is 0 Å². The van der Waals surface area contributed by atoms with Gasteiger partial charge in [0, 0.05) is 42.6 Å². The number of thiophene rings is 1. The van der Waals surface area contributed by atoms with E-state index in [0.29, 0.717) is 30.2 Å². The predicted octanol–water partition coefficient (Wildman–Crippen LogP) is 5.18. The number of hydrogen-bond donors (Lipinski definition) is 3. The van der Waals surface area contributed by atoms with Crippen molar-refractivity contribution in [1.29, 1.82) is 0 Å². The number of aliphatic hydroxyl groups excluding tert-OH is 1. The number of anilines is 2. The van der Waals surface area contributed by atoms with E-state index in [1.807, 2.05) is 0 Å².